The number of carbonyl (C=O) groups is 1. The normalized spacial score (nSPS) is 16.6. The van der Waals surface area contributed by atoms with Crippen LogP contribution in [0, 0.1) is 6.92 Å². The molecule has 0 aliphatic carbocycles. The Labute approximate surface area is 189 Å². The molecule has 1 saturated heterocycles. The summed E-state index contributed by atoms with van der Waals surface area (Å²) in [5.74, 6) is 0.0151. The van der Waals surface area contributed by atoms with E-state index < -0.39 is 10.0 Å². The molecule has 1 aliphatic heterocycles. The summed E-state index contributed by atoms with van der Waals surface area (Å²) in [5.41, 5.74) is 3.23. The quantitative estimate of drug-likeness (QED) is 0.535. The highest BCUT2D eigenvalue weighted by atomic mass is 32.2. The highest BCUT2D eigenvalue weighted by Gasteiger charge is 2.32. The van der Waals surface area contributed by atoms with Crippen molar-refractivity contribution in [2.24, 2.45) is 0 Å². The lowest BCUT2D eigenvalue weighted by molar-refractivity contribution is -0.118. The molecule has 31 heavy (non-hydrogen) atoms. The van der Waals surface area contributed by atoms with E-state index in [2.05, 4.69) is 34.1 Å². The van der Waals surface area contributed by atoms with Gasteiger partial charge in [-0.05, 0) is 61.7 Å². The van der Waals surface area contributed by atoms with Gasteiger partial charge < -0.3 is 10.2 Å². The number of nitrogens with zero attached hydrogens (tertiary/aromatic N) is 2. The molecule has 2 aromatic carbocycles. The van der Waals surface area contributed by atoms with Crippen LogP contribution in [0.15, 0.2) is 65.0 Å². The van der Waals surface area contributed by atoms with Gasteiger partial charge in [-0.3, -0.25) is 9.52 Å². The Morgan fingerprint density at radius 1 is 1.19 bits per heavy atom. The van der Waals surface area contributed by atoms with Gasteiger partial charge in [-0.25, -0.2) is 13.4 Å². The average Bonchev–Trinajstić information content (AvgIpc) is 3.39. The van der Waals surface area contributed by atoms with Gasteiger partial charge in [0.05, 0.1) is 10.9 Å². The van der Waals surface area contributed by atoms with E-state index >= 15 is 0 Å². The summed E-state index contributed by atoms with van der Waals surface area (Å²) >= 11 is 1.21. The molecule has 3 aromatic rings. The molecule has 4 rings (SSSR count). The third-order valence-corrected chi connectivity index (χ3v) is 7.54. The molecule has 9 heteroatoms. The molecule has 0 unspecified atom stereocenters. The van der Waals surface area contributed by atoms with Gasteiger partial charge in [0.15, 0.2) is 5.13 Å². The Morgan fingerprint density at radius 2 is 1.97 bits per heavy atom. The highest BCUT2D eigenvalue weighted by Crippen LogP contribution is 2.25. The van der Waals surface area contributed by atoms with Crippen LogP contribution in [0.3, 0.4) is 0 Å². The number of benzene rings is 2. The molecule has 1 fully saturated rings. The Kier molecular flexibility index (Phi) is 6.35. The van der Waals surface area contributed by atoms with E-state index in [4.69, 9.17) is 0 Å². The van der Waals surface area contributed by atoms with Crippen molar-refractivity contribution in [1.82, 2.24) is 10.3 Å². The van der Waals surface area contributed by atoms with Crippen LogP contribution in [-0.4, -0.2) is 38.4 Å². The Balaban J connectivity index is 0.00000193. The zero-order valence-corrected chi connectivity index (χ0v) is 18.7. The maximum atomic E-state index is 12.8. The van der Waals surface area contributed by atoms with Crippen LogP contribution in [0.25, 0.3) is 0 Å². The van der Waals surface area contributed by atoms with Gasteiger partial charge in [0.1, 0.15) is 0 Å². The van der Waals surface area contributed by atoms with Crippen molar-refractivity contribution < 1.29 is 16.1 Å². The van der Waals surface area contributed by atoms with Crippen molar-refractivity contribution >= 4 is 38.1 Å². The number of aromatic nitrogens is 1. The maximum absolute atomic E-state index is 12.8. The lowest BCUT2D eigenvalue weighted by atomic mass is 10.1. The first kappa shape index (κ1) is 21.5. The predicted molar refractivity (Wildman–Crippen MR) is 127 cm³/mol. The second kappa shape index (κ2) is 9.17. The number of anilines is 2. The summed E-state index contributed by atoms with van der Waals surface area (Å²) in [7, 11) is -3.71. The standard InChI is InChI=1S/C22H24N4O3S2.2H2/c1-16-4-2-3-5-17(16)10-12-23-20-11-14-26(21(20)27)18-6-8-19(9-7-18)31(28,29)25-22-24-13-15-30-22;;/h2-9,13,15,20,23H,10-12,14H2,1H3,(H,24,25);2*1H/t20-;;/m0../s1. The topological polar surface area (TPSA) is 91.4 Å². The molecule has 0 bridgehead atoms. The smallest absolute Gasteiger partial charge is 0.263 e. The highest BCUT2D eigenvalue weighted by molar-refractivity contribution is 7.93. The molecule has 1 atom stereocenters. The van der Waals surface area contributed by atoms with Crippen LogP contribution >= 0.6 is 11.3 Å². The SMILES string of the molecule is Cc1ccccc1CCN[C@H]1CCN(c2ccc(S(=O)(=O)Nc3nccs3)cc2)C1=O.[HH].[HH]. The fourth-order valence-corrected chi connectivity index (χ4v) is 5.44. The molecule has 0 radical (unpaired) electrons. The van der Waals surface area contributed by atoms with E-state index in [9.17, 15) is 13.2 Å². The Hall–Kier alpha value is -2.75. The summed E-state index contributed by atoms with van der Waals surface area (Å²) < 4.78 is 27.4. The van der Waals surface area contributed by atoms with E-state index in [-0.39, 0.29) is 19.7 Å². The van der Waals surface area contributed by atoms with Gasteiger partial charge in [-0.1, -0.05) is 24.3 Å². The molecular formula is C22H28N4O3S2. The van der Waals surface area contributed by atoms with Gasteiger partial charge in [0, 0.05) is 26.7 Å². The number of carbonyl (C=O) groups excluding carboxylic acids is 1. The molecule has 0 saturated carbocycles. The average molecular weight is 461 g/mol. The first-order valence-corrected chi connectivity index (χ1v) is 12.4. The maximum Gasteiger partial charge on any atom is 0.263 e. The fraction of sp³-hybridized carbons (Fsp3) is 0.273. The summed E-state index contributed by atoms with van der Waals surface area (Å²) in [6.45, 7) is 3.42. The fourth-order valence-electron chi connectivity index (χ4n) is 3.65. The molecule has 0 spiro atoms. The second-order valence-corrected chi connectivity index (χ2v) is 9.98. The summed E-state index contributed by atoms with van der Waals surface area (Å²) in [6.07, 6.45) is 3.13. The number of sulfonamides is 1. The first-order chi connectivity index (χ1) is 14.9. The summed E-state index contributed by atoms with van der Waals surface area (Å²) in [5, 5.41) is 5.38. The van der Waals surface area contributed by atoms with E-state index in [1.807, 2.05) is 12.1 Å². The van der Waals surface area contributed by atoms with Crippen LogP contribution in [0.4, 0.5) is 10.8 Å². The van der Waals surface area contributed by atoms with Crippen LogP contribution in [0.2, 0.25) is 0 Å². The molecule has 2 N–H and O–H groups in total. The van der Waals surface area contributed by atoms with Crippen LogP contribution < -0.4 is 14.9 Å². The van der Waals surface area contributed by atoms with E-state index in [1.54, 1.807) is 22.4 Å². The van der Waals surface area contributed by atoms with Crippen molar-refractivity contribution in [2.45, 2.75) is 30.7 Å². The number of rotatable bonds is 8. The van der Waals surface area contributed by atoms with E-state index in [0.717, 1.165) is 19.4 Å². The van der Waals surface area contributed by atoms with Crippen molar-refractivity contribution in [2.75, 3.05) is 22.7 Å². The molecule has 1 aromatic heterocycles. The largest absolute Gasteiger partial charge is 0.311 e. The van der Waals surface area contributed by atoms with Gasteiger partial charge in [0.2, 0.25) is 5.91 Å². The minimum atomic E-state index is -3.71. The van der Waals surface area contributed by atoms with Gasteiger partial charge in [-0.15, -0.1) is 11.3 Å². The lowest BCUT2D eigenvalue weighted by Crippen LogP contribution is -2.39. The number of thiazole rings is 1. The number of aryl methyl sites for hydroxylation is 1. The molecule has 166 valence electrons. The number of hydrogen-bond donors (Lipinski definition) is 2. The number of amides is 1. The molecule has 1 amide bonds. The third kappa shape index (κ3) is 4.95. The van der Waals surface area contributed by atoms with Crippen LogP contribution in [-0.2, 0) is 21.2 Å². The molecule has 1 aliphatic rings. The Bertz CT molecular complexity index is 1160. The van der Waals surface area contributed by atoms with Crippen molar-refractivity contribution in [1.29, 1.82) is 0 Å². The first-order valence-electron chi connectivity index (χ1n) is 10.1. The van der Waals surface area contributed by atoms with E-state index in [1.165, 1.54) is 40.8 Å². The number of nitrogens with one attached hydrogen (secondary N) is 2. The minimum absolute atomic E-state index is 0. The second-order valence-electron chi connectivity index (χ2n) is 7.40. The van der Waals surface area contributed by atoms with Gasteiger partial charge in [0.25, 0.3) is 10.0 Å². The van der Waals surface area contributed by atoms with Gasteiger partial charge >= 0.3 is 0 Å². The van der Waals surface area contributed by atoms with Crippen molar-refractivity contribution in [3.63, 3.8) is 0 Å². The monoisotopic (exact) mass is 460 g/mol. The zero-order valence-electron chi connectivity index (χ0n) is 17.1. The van der Waals surface area contributed by atoms with Crippen LogP contribution in [0.5, 0.6) is 0 Å². The lowest BCUT2D eigenvalue weighted by Gasteiger charge is -2.18. The van der Waals surface area contributed by atoms with Crippen molar-refractivity contribution in [3.8, 4) is 0 Å². The van der Waals surface area contributed by atoms with E-state index in [0.29, 0.717) is 17.4 Å². The minimum Gasteiger partial charge on any atom is -0.311 e. The van der Waals surface area contributed by atoms with Crippen LogP contribution in [0.1, 0.15) is 20.4 Å². The number of hydrogen-bond acceptors (Lipinski definition) is 6. The third-order valence-electron chi connectivity index (χ3n) is 5.36. The molecule has 7 nitrogen and oxygen atoms in total. The van der Waals surface area contributed by atoms with Crippen molar-refractivity contribution in [3.05, 3.63) is 71.2 Å². The molecule has 2 heterocycles. The Morgan fingerprint density at radius 3 is 2.68 bits per heavy atom. The molecular weight excluding hydrogens is 432 g/mol. The zero-order chi connectivity index (χ0) is 21.8. The predicted octanol–water partition coefficient (Wildman–Crippen LogP) is 3.68. The summed E-state index contributed by atoms with van der Waals surface area (Å²) in [4.78, 5) is 18.6. The summed E-state index contributed by atoms with van der Waals surface area (Å²) in [6, 6.07) is 14.4. The van der Waals surface area contributed by atoms with Gasteiger partial charge in [-0.2, -0.15) is 0 Å².